The van der Waals surface area contributed by atoms with Crippen LogP contribution < -0.4 is 0 Å². The van der Waals surface area contributed by atoms with Gasteiger partial charge in [0.2, 0.25) is 0 Å². The van der Waals surface area contributed by atoms with Gasteiger partial charge in [-0.3, -0.25) is 0 Å². The van der Waals surface area contributed by atoms with Crippen LogP contribution in [-0.2, 0) is 6.42 Å². The summed E-state index contributed by atoms with van der Waals surface area (Å²) in [5.41, 5.74) is 4.89. The standard InChI is InChI=1S/C18H23NO/c1-12-7-15-4-3-13-9-18(15,11-19(12)2)10-14-8-16(20)5-6-17(13)14/h4-6,8,12-13,20H,3,7,9-11H2,1-2H3/t12-,13-,18+/m1/s1. The van der Waals surface area contributed by atoms with Crippen LogP contribution >= 0.6 is 0 Å². The van der Waals surface area contributed by atoms with Gasteiger partial charge in [0.05, 0.1) is 0 Å². The molecule has 2 aliphatic carbocycles. The first kappa shape index (κ1) is 12.5. The molecule has 2 nitrogen and oxygen atoms in total. The number of nitrogens with zero attached hydrogens (tertiary/aromatic N) is 1. The molecule has 0 radical (unpaired) electrons. The lowest BCUT2D eigenvalue weighted by atomic mass is 9.57. The first-order chi connectivity index (χ1) is 9.57. The Balaban J connectivity index is 1.80. The molecule has 2 bridgehead atoms. The lowest BCUT2D eigenvalue weighted by Gasteiger charge is -2.53. The zero-order chi connectivity index (χ0) is 13.9. The molecule has 1 spiro atoms. The van der Waals surface area contributed by atoms with Gasteiger partial charge in [0, 0.05) is 18.0 Å². The highest BCUT2D eigenvalue weighted by atomic mass is 16.3. The number of hydrogen-bond acceptors (Lipinski definition) is 2. The maximum atomic E-state index is 9.81. The Labute approximate surface area is 121 Å². The van der Waals surface area contributed by atoms with Gasteiger partial charge in [-0.2, -0.15) is 0 Å². The molecule has 1 aliphatic heterocycles. The molecular formula is C18H23NO. The molecule has 1 aromatic rings. The fourth-order valence-electron chi connectivity index (χ4n) is 4.75. The van der Waals surface area contributed by atoms with E-state index >= 15 is 0 Å². The van der Waals surface area contributed by atoms with Crippen molar-refractivity contribution < 1.29 is 5.11 Å². The van der Waals surface area contributed by atoms with Gasteiger partial charge in [-0.1, -0.05) is 17.7 Å². The molecule has 1 saturated heterocycles. The molecule has 1 fully saturated rings. The van der Waals surface area contributed by atoms with E-state index in [0.29, 0.717) is 23.1 Å². The van der Waals surface area contributed by atoms with Crippen molar-refractivity contribution in [3.8, 4) is 5.75 Å². The Morgan fingerprint density at radius 2 is 2.20 bits per heavy atom. The number of hydrogen-bond donors (Lipinski definition) is 1. The summed E-state index contributed by atoms with van der Waals surface area (Å²) in [6.07, 6.45) is 7.35. The first-order valence-electron chi connectivity index (χ1n) is 7.79. The second-order valence-corrected chi connectivity index (χ2v) is 7.17. The molecule has 0 amide bonds. The van der Waals surface area contributed by atoms with Crippen LogP contribution in [0, 0.1) is 5.41 Å². The van der Waals surface area contributed by atoms with E-state index in [2.05, 4.69) is 31.0 Å². The third kappa shape index (κ3) is 1.67. The molecule has 4 rings (SSSR count). The quantitative estimate of drug-likeness (QED) is 0.729. The maximum Gasteiger partial charge on any atom is 0.115 e. The zero-order valence-corrected chi connectivity index (χ0v) is 12.4. The van der Waals surface area contributed by atoms with Crippen LogP contribution in [0.15, 0.2) is 29.8 Å². The maximum absolute atomic E-state index is 9.81. The van der Waals surface area contributed by atoms with Gasteiger partial charge < -0.3 is 10.0 Å². The Kier molecular flexibility index (Phi) is 2.56. The van der Waals surface area contributed by atoms with E-state index in [1.165, 1.54) is 36.9 Å². The molecule has 3 aliphatic rings. The molecular weight excluding hydrogens is 246 g/mol. The van der Waals surface area contributed by atoms with Gasteiger partial charge in [-0.25, -0.2) is 0 Å². The zero-order valence-electron chi connectivity index (χ0n) is 12.4. The predicted molar refractivity (Wildman–Crippen MR) is 81.0 cm³/mol. The molecule has 1 heterocycles. The van der Waals surface area contributed by atoms with Gasteiger partial charge in [-0.05, 0) is 68.8 Å². The van der Waals surface area contributed by atoms with E-state index in [-0.39, 0.29) is 0 Å². The van der Waals surface area contributed by atoms with Crippen molar-refractivity contribution in [1.29, 1.82) is 0 Å². The molecule has 20 heavy (non-hydrogen) atoms. The van der Waals surface area contributed by atoms with E-state index in [1.54, 1.807) is 5.57 Å². The summed E-state index contributed by atoms with van der Waals surface area (Å²) >= 11 is 0. The van der Waals surface area contributed by atoms with Gasteiger partial charge in [0.1, 0.15) is 5.75 Å². The number of piperidine rings is 1. The molecule has 0 aromatic heterocycles. The summed E-state index contributed by atoms with van der Waals surface area (Å²) in [5.74, 6) is 1.08. The molecule has 2 heteroatoms. The minimum atomic E-state index is 0.338. The summed E-state index contributed by atoms with van der Waals surface area (Å²) in [6.45, 7) is 3.51. The molecule has 0 unspecified atom stereocenters. The van der Waals surface area contributed by atoms with Crippen molar-refractivity contribution in [2.45, 2.75) is 44.6 Å². The third-order valence-electron chi connectivity index (χ3n) is 5.88. The molecule has 1 N–H and O–H groups in total. The number of allylic oxidation sites excluding steroid dienone is 1. The smallest absolute Gasteiger partial charge is 0.115 e. The van der Waals surface area contributed by atoms with Crippen molar-refractivity contribution in [2.24, 2.45) is 5.41 Å². The number of likely N-dealkylation sites (tertiary alicyclic amines) is 1. The van der Waals surface area contributed by atoms with Gasteiger partial charge in [0.15, 0.2) is 0 Å². The number of phenols is 1. The van der Waals surface area contributed by atoms with E-state index in [0.717, 1.165) is 6.42 Å². The van der Waals surface area contributed by atoms with E-state index in [4.69, 9.17) is 0 Å². The highest BCUT2D eigenvalue weighted by Gasteiger charge is 2.47. The van der Waals surface area contributed by atoms with Gasteiger partial charge in [0.25, 0.3) is 0 Å². The van der Waals surface area contributed by atoms with Crippen LogP contribution in [0.2, 0.25) is 0 Å². The minimum absolute atomic E-state index is 0.338. The fraction of sp³-hybridized carbons (Fsp3) is 0.556. The summed E-state index contributed by atoms with van der Waals surface area (Å²) in [5, 5.41) is 9.81. The summed E-state index contributed by atoms with van der Waals surface area (Å²) in [6, 6.07) is 6.67. The van der Waals surface area contributed by atoms with Crippen LogP contribution in [-0.4, -0.2) is 29.6 Å². The second kappa shape index (κ2) is 4.11. The summed E-state index contributed by atoms with van der Waals surface area (Å²) in [4.78, 5) is 2.52. The average Bonchev–Trinajstić information content (AvgIpc) is 2.40. The predicted octanol–water partition coefficient (Wildman–Crippen LogP) is 3.46. The van der Waals surface area contributed by atoms with E-state index in [9.17, 15) is 5.11 Å². The average molecular weight is 269 g/mol. The molecule has 1 aromatic carbocycles. The second-order valence-electron chi connectivity index (χ2n) is 7.17. The normalized spacial score (nSPS) is 36.0. The van der Waals surface area contributed by atoms with Crippen LogP contribution in [0.1, 0.15) is 43.2 Å². The van der Waals surface area contributed by atoms with Crippen molar-refractivity contribution in [3.63, 3.8) is 0 Å². The van der Waals surface area contributed by atoms with Crippen molar-refractivity contribution in [3.05, 3.63) is 41.0 Å². The number of aromatic hydroxyl groups is 1. The van der Waals surface area contributed by atoms with Crippen molar-refractivity contribution >= 4 is 0 Å². The fourth-order valence-corrected chi connectivity index (χ4v) is 4.75. The lowest BCUT2D eigenvalue weighted by molar-refractivity contribution is 0.0941. The Morgan fingerprint density at radius 3 is 3.05 bits per heavy atom. The highest BCUT2D eigenvalue weighted by molar-refractivity contribution is 5.44. The number of rotatable bonds is 0. The van der Waals surface area contributed by atoms with Crippen LogP contribution in [0.25, 0.3) is 0 Å². The molecule has 0 saturated carbocycles. The monoisotopic (exact) mass is 269 g/mol. The molecule has 3 atom stereocenters. The summed E-state index contributed by atoms with van der Waals surface area (Å²) in [7, 11) is 2.26. The largest absolute Gasteiger partial charge is 0.508 e. The van der Waals surface area contributed by atoms with Crippen molar-refractivity contribution in [1.82, 2.24) is 4.90 Å². The van der Waals surface area contributed by atoms with Gasteiger partial charge >= 0.3 is 0 Å². The topological polar surface area (TPSA) is 23.5 Å². The first-order valence-corrected chi connectivity index (χ1v) is 7.79. The molecule has 106 valence electrons. The van der Waals surface area contributed by atoms with Crippen LogP contribution in [0.5, 0.6) is 5.75 Å². The SMILES string of the molecule is C[C@@H]1CC2=CC[C@@H]3C[C@]2(Cc2cc(O)ccc23)CN1C. The number of benzene rings is 1. The number of fused-ring (bicyclic) bond motifs is 3. The third-order valence-corrected chi connectivity index (χ3v) is 5.88. The van der Waals surface area contributed by atoms with Gasteiger partial charge in [-0.15, -0.1) is 0 Å². The van der Waals surface area contributed by atoms with Crippen LogP contribution in [0.4, 0.5) is 0 Å². The Bertz CT molecular complexity index is 591. The van der Waals surface area contributed by atoms with Crippen molar-refractivity contribution in [2.75, 3.05) is 13.6 Å². The Hall–Kier alpha value is -1.28. The highest BCUT2D eigenvalue weighted by Crippen LogP contribution is 2.55. The van der Waals surface area contributed by atoms with E-state index in [1.807, 2.05) is 12.1 Å². The summed E-state index contributed by atoms with van der Waals surface area (Å²) < 4.78 is 0. The van der Waals surface area contributed by atoms with Crippen LogP contribution in [0.3, 0.4) is 0 Å². The lowest BCUT2D eigenvalue weighted by Crippen LogP contribution is -2.51. The Morgan fingerprint density at radius 1 is 1.35 bits per heavy atom. The number of phenolic OH excluding ortho intramolecular Hbond substituents is 1. The van der Waals surface area contributed by atoms with E-state index < -0.39 is 0 Å². The minimum Gasteiger partial charge on any atom is -0.508 e.